The number of carboxylic acids is 1. The molecule has 9 nitrogen and oxygen atoms in total. The van der Waals surface area contributed by atoms with Gasteiger partial charge >= 0.3 is 5.97 Å². The predicted molar refractivity (Wildman–Crippen MR) is 134 cm³/mol. The summed E-state index contributed by atoms with van der Waals surface area (Å²) in [6.07, 6.45) is 3.33. The zero-order valence-corrected chi connectivity index (χ0v) is 20.5. The minimum atomic E-state index is -1.67. The van der Waals surface area contributed by atoms with Crippen molar-refractivity contribution in [3.05, 3.63) is 59.8 Å². The largest absolute Gasteiger partial charge is 0.486 e. The molecule has 3 N–H and O–H groups in total. The van der Waals surface area contributed by atoms with Gasteiger partial charge in [0.05, 0.1) is 11.8 Å². The van der Waals surface area contributed by atoms with Crippen molar-refractivity contribution in [1.29, 1.82) is 0 Å². The topological polar surface area (TPSA) is 121 Å². The van der Waals surface area contributed by atoms with Crippen molar-refractivity contribution in [3.8, 4) is 11.5 Å². The Morgan fingerprint density at radius 3 is 2.68 bits per heavy atom. The zero-order chi connectivity index (χ0) is 25.7. The van der Waals surface area contributed by atoms with Crippen LogP contribution in [0, 0.1) is 11.8 Å². The maximum absolute atomic E-state index is 13.8. The van der Waals surface area contributed by atoms with E-state index in [4.69, 9.17) is 9.47 Å². The average molecular weight is 504 g/mol. The van der Waals surface area contributed by atoms with Gasteiger partial charge in [-0.2, -0.15) is 0 Å². The summed E-state index contributed by atoms with van der Waals surface area (Å²) in [6, 6.07) is 12.4. The van der Waals surface area contributed by atoms with Crippen molar-refractivity contribution in [3.63, 3.8) is 0 Å². The van der Waals surface area contributed by atoms with Crippen LogP contribution in [0.1, 0.15) is 36.9 Å². The number of ether oxygens (including phenoxy) is 2. The summed E-state index contributed by atoms with van der Waals surface area (Å²) in [7, 11) is 0. The highest BCUT2D eigenvalue weighted by atomic mass is 16.6. The Balaban J connectivity index is 1.46. The average Bonchev–Trinajstić information content (AvgIpc) is 3.55. The number of para-hydroxylation sites is 1. The number of imide groups is 1. The van der Waals surface area contributed by atoms with Crippen LogP contribution in [0.5, 0.6) is 11.5 Å². The van der Waals surface area contributed by atoms with E-state index < -0.39 is 35.3 Å². The number of nitrogens with zero attached hydrogens (tertiary/aromatic N) is 1. The first kappa shape index (κ1) is 23.5. The quantitative estimate of drug-likeness (QED) is 0.424. The van der Waals surface area contributed by atoms with Crippen LogP contribution >= 0.6 is 0 Å². The van der Waals surface area contributed by atoms with E-state index in [-0.39, 0.29) is 18.9 Å². The molecule has 0 bridgehead atoms. The van der Waals surface area contributed by atoms with Crippen molar-refractivity contribution in [1.82, 2.24) is 15.2 Å². The first-order valence-corrected chi connectivity index (χ1v) is 12.8. The maximum Gasteiger partial charge on any atom is 0.325 e. The number of nitrogens with one attached hydrogen (secondary N) is 2. The molecule has 2 saturated heterocycles. The number of unbranched alkanes of at least 4 members (excludes halogenated alkanes) is 1. The Morgan fingerprint density at radius 1 is 1.11 bits per heavy atom. The van der Waals surface area contributed by atoms with E-state index in [1.807, 2.05) is 37.3 Å². The van der Waals surface area contributed by atoms with Gasteiger partial charge in [-0.25, -0.2) is 0 Å². The SMILES string of the molecule is CCCCN1C(=O)C2C(c3ccc4c(c3)OCCO4)NC(Cc3c[nH]c4ccccc34)(C(=O)O)C2C1=O. The van der Waals surface area contributed by atoms with Crippen molar-refractivity contribution in [2.24, 2.45) is 11.8 Å². The van der Waals surface area contributed by atoms with E-state index in [2.05, 4.69) is 10.3 Å². The van der Waals surface area contributed by atoms with Gasteiger partial charge in [-0.15, -0.1) is 0 Å². The standard InChI is InChI=1S/C28H29N3O6/c1-2-3-10-31-25(32)22-23(26(31)33)28(27(34)35,14-17-15-29-19-7-5-4-6-18(17)19)30-24(22)16-8-9-20-21(13-16)37-12-11-36-20/h4-9,13,15,22-24,29-30H,2-3,10-12,14H2,1H3,(H,34,35). The second kappa shape index (κ2) is 8.92. The highest BCUT2D eigenvalue weighted by Crippen LogP contribution is 2.51. The minimum Gasteiger partial charge on any atom is -0.486 e. The summed E-state index contributed by atoms with van der Waals surface area (Å²) in [6.45, 7) is 3.13. The molecule has 3 aromatic rings. The molecule has 4 atom stereocenters. The van der Waals surface area contributed by atoms with E-state index in [1.54, 1.807) is 18.3 Å². The van der Waals surface area contributed by atoms with Crippen LogP contribution in [0.2, 0.25) is 0 Å². The van der Waals surface area contributed by atoms with Gasteiger partial charge in [-0.3, -0.25) is 24.6 Å². The number of fused-ring (bicyclic) bond motifs is 3. The Bertz CT molecular complexity index is 1400. The van der Waals surface area contributed by atoms with E-state index >= 15 is 0 Å². The van der Waals surface area contributed by atoms with Crippen molar-refractivity contribution in [2.45, 2.75) is 37.8 Å². The van der Waals surface area contributed by atoms with Crippen LogP contribution in [0.3, 0.4) is 0 Å². The van der Waals surface area contributed by atoms with Crippen LogP contribution in [0.4, 0.5) is 0 Å². The molecule has 6 rings (SSSR count). The monoisotopic (exact) mass is 503 g/mol. The van der Waals surface area contributed by atoms with Crippen LogP contribution in [0.15, 0.2) is 48.7 Å². The maximum atomic E-state index is 13.8. The van der Waals surface area contributed by atoms with Gasteiger partial charge in [-0.1, -0.05) is 37.6 Å². The van der Waals surface area contributed by atoms with Gasteiger partial charge in [-0.05, 0) is 35.7 Å². The molecule has 0 aliphatic carbocycles. The lowest BCUT2D eigenvalue weighted by atomic mass is 9.76. The zero-order valence-electron chi connectivity index (χ0n) is 20.5. The fraction of sp³-hybridized carbons (Fsp3) is 0.393. The first-order valence-electron chi connectivity index (χ1n) is 12.8. The second-order valence-electron chi connectivity index (χ2n) is 10.0. The third kappa shape index (κ3) is 3.60. The van der Waals surface area contributed by atoms with Gasteiger partial charge in [0, 0.05) is 36.1 Å². The van der Waals surface area contributed by atoms with Crippen molar-refractivity contribution >= 4 is 28.7 Å². The van der Waals surface area contributed by atoms with Gasteiger partial charge in [0.25, 0.3) is 0 Å². The predicted octanol–water partition coefficient (Wildman–Crippen LogP) is 3.05. The number of carbonyl (C=O) groups excluding carboxylic acids is 2. The highest BCUT2D eigenvalue weighted by molar-refractivity contribution is 6.09. The summed E-state index contributed by atoms with van der Waals surface area (Å²) < 4.78 is 11.4. The molecular weight excluding hydrogens is 474 g/mol. The molecule has 3 aliphatic rings. The highest BCUT2D eigenvalue weighted by Gasteiger charge is 2.68. The number of likely N-dealkylation sites (tertiary alicyclic amines) is 1. The molecule has 2 aromatic carbocycles. The number of aromatic nitrogens is 1. The lowest BCUT2D eigenvalue weighted by Crippen LogP contribution is -2.57. The van der Waals surface area contributed by atoms with E-state index in [0.29, 0.717) is 36.7 Å². The molecule has 1 aromatic heterocycles. The Hall–Kier alpha value is -3.85. The van der Waals surface area contributed by atoms with Gasteiger partial charge in [0.15, 0.2) is 11.5 Å². The van der Waals surface area contributed by atoms with Gasteiger partial charge in [0.1, 0.15) is 18.8 Å². The molecule has 0 radical (unpaired) electrons. The first-order chi connectivity index (χ1) is 17.9. The number of aromatic amines is 1. The van der Waals surface area contributed by atoms with Crippen molar-refractivity contribution in [2.75, 3.05) is 19.8 Å². The van der Waals surface area contributed by atoms with Crippen LogP contribution < -0.4 is 14.8 Å². The molecular formula is C28H29N3O6. The summed E-state index contributed by atoms with van der Waals surface area (Å²) in [5.41, 5.74) is 0.690. The second-order valence-corrected chi connectivity index (χ2v) is 10.0. The normalized spacial score (nSPS) is 26.6. The third-order valence-corrected chi connectivity index (χ3v) is 7.93. The van der Waals surface area contributed by atoms with Crippen LogP contribution in [0.25, 0.3) is 10.9 Å². The number of aliphatic carboxylic acids is 1. The molecule has 0 saturated carbocycles. The number of hydrogen-bond acceptors (Lipinski definition) is 6. The smallest absolute Gasteiger partial charge is 0.325 e. The molecule has 4 unspecified atom stereocenters. The number of hydrogen-bond donors (Lipinski definition) is 3. The van der Waals surface area contributed by atoms with Crippen LogP contribution in [-0.4, -0.2) is 58.1 Å². The number of amides is 2. The molecule has 4 heterocycles. The van der Waals surface area contributed by atoms with E-state index in [0.717, 1.165) is 22.9 Å². The molecule has 2 amide bonds. The van der Waals surface area contributed by atoms with E-state index in [9.17, 15) is 19.5 Å². The number of rotatable bonds is 7. The molecule has 37 heavy (non-hydrogen) atoms. The Labute approximate surface area is 213 Å². The fourth-order valence-corrected chi connectivity index (χ4v) is 6.15. The summed E-state index contributed by atoms with van der Waals surface area (Å²) in [4.78, 5) is 45.1. The lowest BCUT2D eigenvalue weighted by molar-refractivity contribution is -0.151. The third-order valence-electron chi connectivity index (χ3n) is 7.93. The molecule has 3 aliphatic heterocycles. The molecule has 192 valence electrons. The number of H-pyrrole nitrogens is 1. The number of carbonyl (C=O) groups is 3. The Kier molecular flexibility index (Phi) is 5.67. The Morgan fingerprint density at radius 2 is 1.89 bits per heavy atom. The summed E-state index contributed by atoms with van der Waals surface area (Å²) in [5, 5.41) is 14.9. The summed E-state index contributed by atoms with van der Waals surface area (Å²) >= 11 is 0. The molecule has 9 heteroatoms. The lowest BCUT2D eigenvalue weighted by Gasteiger charge is -2.31. The molecule has 0 spiro atoms. The van der Waals surface area contributed by atoms with Crippen molar-refractivity contribution < 1.29 is 29.0 Å². The minimum absolute atomic E-state index is 0.0508. The van der Waals surface area contributed by atoms with E-state index in [1.165, 1.54) is 4.90 Å². The fourth-order valence-electron chi connectivity index (χ4n) is 6.15. The van der Waals surface area contributed by atoms with Gasteiger partial charge < -0.3 is 19.6 Å². The molecule has 2 fully saturated rings. The number of benzene rings is 2. The van der Waals surface area contributed by atoms with Gasteiger partial charge in [0.2, 0.25) is 11.8 Å². The number of carboxylic acid groups (broad SMARTS) is 1. The van der Waals surface area contributed by atoms with Crippen LogP contribution in [-0.2, 0) is 20.8 Å². The summed E-state index contributed by atoms with van der Waals surface area (Å²) in [5.74, 6) is -2.62.